The molecule has 114 valence electrons. The van der Waals surface area contributed by atoms with Gasteiger partial charge in [-0.3, -0.25) is 9.48 Å². The Balaban J connectivity index is 2.72. The molecule has 1 aromatic heterocycles. The molecule has 0 fully saturated rings. The van der Waals surface area contributed by atoms with Crippen molar-refractivity contribution in [3.05, 3.63) is 17.5 Å². The minimum absolute atomic E-state index is 0.0493. The minimum Gasteiger partial charge on any atom is -0.396 e. The quantitative estimate of drug-likeness (QED) is 0.769. The van der Waals surface area contributed by atoms with Gasteiger partial charge in [-0.15, -0.1) is 0 Å². The number of amides is 1. The van der Waals surface area contributed by atoms with Crippen LogP contribution in [0.1, 0.15) is 68.7 Å². The Morgan fingerprint density at radius 2 is 2.10 bits per heavy atom. The molecule has 20 heavy (non-hydrogen) atoms. The van der Waals surface area contributed by atoms with Gasteiger partial charge in [-0.05, 0) is 45.6 Å². The number of hydrogen-bond acceptors (Lipinski definition) is 3. The van der Waals surface area contributed by atoms with Crippen molar-refractivity contribution < 1.29 is 9.90 Å². The minimum atomic E-state index is -0.136. The fourth-order valence-electron chi connectivity index (χ4n) is 2.37. The third-order valence-electron chi connectivity index (χ3n) is 3.62. The van der Waals surface area contributed by atoms with E-state index in [0.717, 1.165) is 25.0 Å². The van der Waals surface area contributed by atoms with Crippen LogP contribution in [0.4, 0.5) is 0 Å². The smallest absolute Gasteiger partial charge is 0.271 e. The van der Waals surface area contributed by atoms with E-state index in [9.17, 15) is 4.79 Å². The highest BCUT2D eigenvalue weighted by atomic mass is 16.3. The number of carbonyl (C=O) groups excluding carboxylic acids is 1. The SMILES string of the molecule is CCC(CC)n1nc(C(=O)NC(C)CCCO)cc1C. The molecule has 0 radical (unpaired) electrons. The first-order chi connectivity index (χ1) is 9.53. The molecule has 1 unspecified atom stereocenters. The van der Waals surface area contributed by atoms with E-state index in [1.807, 2.05) is 24.6 Å². The van der Waals surface area contributed by atoms with Crippen molar-refractivity contribution in [1.82, 2.24) is 15.1 Å². The summed E-state index contributed by atoms with van der Waals surface area (Å²) in [6.45, 7) is 8.34. The van der Waals surface area contributed by atoms with E-state index in [-0.39, 0.29) is 18.6 Å². The average molecular weight is 281 g/mol. The number of aryl methyl sites for hydroxylation is 1. The molecule has 2 N–H and O–H groups in total. The van der Waals surface area contributed by atoms with E-state index in [2.05, 4.69) is 24.3 Å². The summed E-state index contributed by atoms with van der Waals surface area (Å²) in [4.78, 5) is 12.1. The Kier molecular flexibility index (Phi) is 6.71. The number of rotatable bonds is 8. The molecule has 0 aliphatic heterocycles. The lowest BCUT2D eigenvalue weighted by molar-refractivity contribution is 0.0930. The van der Waals surface area contributed by atoms with Crippen LogP contribution in [0.2, 0.25) is 0 Å². The Bertz CT molecular complexity index is 425. The van der Waals surface area contributed by atoms with Gasteiger partial charge in [0, 0.05) is 18.3 Å². The fraction of sp³-hybridized carbons (Fsp3) is 0.733. The van der Waals surface area contributed by atoms with Crippen molar-refractivity contribution in [3.63, 3.8) is 0 Å². The van der Waals surface area contributed by atoms with Gasteiger partial charge in [0.1, 0.15) is 5.69 Å². The van der Waals surface area contributed by atoms with E-state index in [1.165, 1.54) is 0 Å². The summed E-state index contributed by atoms with van der Waals surface area (Å²) >= 11 is 0. The topological polar surface area (TPSA) is 67.2 Å². The summed E-state index contributed by atoms with van der Waals surface area (Å²) in [5, 5.41) is 16.2. The summed E-state index contributed by atoms with van der Waals surface area (Å²) < 4.78 is 1.95. The molecule has 1 atom stereocenters. The van der Waals surface area contributed by atoms with Crippen LogP contribution in [0.5, 0.6) is 0 Å². The average Bonchev–Trinajstić information content (AvgIpc) is 2.80. The maximum atomic E-state index is 12.1. The number of carbonyl (C=O) groups is 1. The molecule has 0 aliphatic carbocycles. The molecule has 0 aliphatic rings. The van der Waals surface area contributed by atoms with Crippen LogP contribution >= 0.6 is 0 Å². The maximum Gasteiger partial charge on any atom is 0.271 e. The normalized spacial score (nSPS) is 12.7. The van der Waals surface area contributed by atoms with Gasteiger partial charge in [0.05, 0.1) is 6.04 Å². The monoisotopic (exact) mass is 281 g/mol. The number of nitrogens with zero attached hydrogens (tertiary/aromatic N) is 2. The molecule has 0 bridgehead atoms. The van der Waals surface area contributed by atoms with Gasteiger partial charge in [-0.1, -0.05) is 13.8 Å². The number of aliphatic hydroxyl groups excluding tert-OH is 1. The molecule has 1 aromatic rings. The summed E-state index contributed by atoms with van der Waals surface area (Å²) in [5.41, 5.74) is 1.50. The first kappa shape index (κ1) is 16.7. The summed E-state index contributed by atoms with van der Waals surface area (Å²) in [5.74, 6) is -0.136. The van der Waals surface area contributed by atoms with Gasteiger partial charge >= 0.3 is 0 Å². The highest BCUT2D eigenvalue weighted by molar-refractivity contribution is 5.92. The van der Waals surface area contributed by atoms with Crippen LogP contribution < -0.4 is 5.32 Å². The molecule has 0 saturated heterocycles. The number of nitrogens with one attached hydrogen (secondary N) is 1. The van der Waals surface area contributed by atoms with Gasteiger partial charge in [0.25, 0.3) is 5.91 Å². The first-order valence-electron chi connectivity index (χ1n) is 7.51. The van der Waals surface area contributed by atoms with E-state index >= 15 is 0 Å². The highest BCUT2D eigenvalue weighted by Gasteiger charge is 2.17. The fourth-order valence-corrected chi connectivity index (χ4v) is 2.37. The predicted molar refractivity (Wildman–Crippen MR) is 79.8 cm³/mol. The lowest BCUT2D eigenvalue weighted by atomic mass is 10.2. The van der Waals surface area contributed by atoms with Crippen LogP contribution in [0, 0.1) is 6.92 Å². The Hall–Kier alpha value is -1.36. The van der Waals surface area contributed by atoms with Crippen molar-refractivity contribution in [2.45, 2.75) is 65.5 Å². The van der Waals surface area contributed by atoms with Gasteiger partial charge < -0.3 is 10.4 Å². The predicted octanol–water partition coefficient (Wildman–Crippen LogP) is 2.44. The highest BCUT2D eigenvalue weighted by Crippen LogP contribution is 2.18. The van der Waals surface area contributed by atoms with Gasteiger partial charge in [-0.25, -0.2) is 0 Å². The van der Waals surface area contributed by atoms with Crippen LogP contribution in [-0.4, -0.2) is 33.4 Å². The van der Waals surface area contributed by atoms with Crippen molar-refractivity contribution in [1.29, 1.82) is 0 Å². The largest absolute Gasteiger partial charge is 0.396 e. The third kappa shape index (κ3) is 4.34. The second-order valence-corrected chi connectivity index (χ2v) is 5.33. The molecule has 0 spiro atoms. The maximum absolute atomic E-state index is 12.1. The zero-order chi connectivity index (χ0) is 15.1. The van der Waals surface area contributed by atoms with Gasteiger partial charge in [0.15, 0.2) is 0 Å². The third-order valence-corrected chi connectivity index (χ3v) is 3.62. The number of aliphatic hydroxyl groups is 1. The molecule has 5 heteroatoms. The molecular weight excluding hydrogens is 254 g/mol. The Morgan fingerprint density at radius 3 is 2.65 bits per heavy atom. The lowest BCUT2D eigenvalue weighted by Gasteiger charge is -2.15. The van der Waals surface area contributed by atoms with E-state index in [0.29, 0.717) is 18.2 Å². The molecule has 1 amide bonds. The first-order valence-corrected chi connectivity index (χ1v) is 7.51. The lowest BCUT2D eigenvalue weighted by Crippen LogP contribution is -2.33. The molecule has 0 aromatic carbocycles. The van der Waals surface area contributed by atoms with Crippen LogP contribution in [0.25, 0.3) is 0 Å². The second-order valence-electron chi connectivity index (χ2n) is 5.33. The standard InChI is InChI=1S/C15H27N3O2/c1-5-13(6-2)18-12(4)10-14(17-18)15(20)16-11(3)8-7-9-19/h10-11,13,19H,5-9H2,1-4H3,(H,16,20). The molecule has 5 nitrogen and oxygen atoms in total. The van der Waals surface area contributed by atoms with Crippen molar-refractivity contribution in [2.24, 2.45) is 0 Å². The molecule has 0 saturated carbocycles. The Morgan fingerprint density at radius 1 is 1.45 bits per heavy atom. The number of hydrogen-bond donors (Lipinski definition) is 2. The number of aromatic nitrogens is 2. The van der Waals surface area contributed by atoms with E-state index in [1.54, 1.807) is 0 Å². The summed E-state index contributed by atoms with van der Waals surface area (Å²) in [7, 11) is 0. The van der Waals surface area contributed by atoms with E-state index < -0.39 is 0 Å². The summed E-state index contributed by atoms with van der Waals surface area (Å²) in [6.07, 6.45) is 3.48. The van der Waals surface area contributed by atoms with Gasteiger partial charge in [-0.2, -0.15) is 5.10 Å². The zero-order valence-electron chi connectivity index (χ0n) is 13.0. The molecule has 1 heterocycles. The van der Waals surface area contributed by atoms with Crippen LogP contribution in [0.3, 0.4) is 0 Å². The van der Waals surface area contributed by atoms with Crippen molar-refractivity contribution >= 4 is 5.91 Å². The van der Waals surface area contributed by atoms with Crippen molar-refractivity contribution in [3.8, 4) is 0 Å². The van der Waals surface area contributed by atoms with Gasteiger partial charge in [0.2, 0.25) is 0 Å². The molecular formula is C15H27N3O2. The Labute approximate surface area is 121 Å². The van der Waals surface area contributed by atoms with E-state index in [4.69, 9.17) is 5.11 Å². The zero-order valence-corrected chi connectivity index (χ0v) is 13.0. The molecule has 1 rings (SSSR count). The second kappa shape index (κ2) is 8.04. The van der Waals surface area contributed by atoms with Crippen LogP contribution in [0.15, 0.2) is 6.07 Å². The van der Waals surface area contributed by atoms with Crippen molar-refractivity contribution in [2.75, 3.05) is 6.61 Å². The van der Waals surface area contributed by atoms with Crippen LogP contribution in [-0.2, 0) is 0 Å². The summed E-state index contributed by atoms with van der Waals surface area (Å²) in [6, 6.07) is 2.24.